The van der Waals surface area contributed by atoms with Crippen molar-refractivity contribution >= 4 is 45.0 Å². The SMILES string of the molecule is CCN1CCN(c2ccc(NC(=O)CSc3ccc(Br)cc3)c(C)c2)CC1. The zero-order chi connectivity index (χ0) is 19.2. The maximum atomic E-state index is 12.3. The predicted octanol–water partition coefficient (Wildman–Crippen LogP) is 4.63. The van der Waals surface area contributed by atoms with Gasteiger partial charge in [-0.1, -0.05) is 22.9 Å². The van der Waals surface area contributed by atoms with Crippen LogP contribution < -0.4 is 10.2 Å². The highest BCUT2D eigenvalue weighted by Gasteiger charge is 2.16. The first-order chi connectivity index (χ1) is 13.0. The molecule has 0 unspecified atom stereocenters. The minimum Gasteiger partial charge on any atom is -0.369 e. The molecule has 1 aliphatic rings. The lowest BCUT2D eigenvalue weighted by Crippen LogP contribution is -2.46. The lowest BCUT2D eigenvalue weighted by Gasteiger charge is -2.35. The van der Waals surface area contributed by atoms with Gasteiger partial charge in [-0.05, 0) is 61.5 Å². The molecular formula is C21H26BrN3OS. The van der Waals surface area contributed by atoms with Crippen LogP contribution in [0.2, 0.25) is 0 Å². The first-order valence-corrected chi connectivity index (χ1v) is 11.1. The molecule has 0 bridgehead atoms. The first kappa shape index (κ1) is 20.2. The van der Waals surface area contributed by atoms with Crippen LogP contribution in [-0.2, 0) is 4.79 Å². The number of benzene rings is 2. The summed E-state index contributed by atoms with van der Waals surface area (Å²) in [5.41, 5.74) is 3.24. The Hall–Kier alpha value is -1.50. The molecule has 0 atom stereocenters. The van der Waals surface area contributed by atoms with E-state index in [4.69, 9.17) is 0 Å². The standard InChI is InChI=1S/C21H26BrN3OS/c1-3-24-10-12-25(13-11-24)18-6-9-20(16(2)14-18)23-21(26)15-27-19-7-4-17(22)5-8-19/h4-9,14H,3,10-13,15H2,1-2H3,(H,23,26). The molecule has 2 aromatic rings. The van der Waals surface area contributed by atoms with E-state index in [0.29, 0.717) is 5.75 Å². The van der Waals surface area contributed by atoms with Gasteiger partial charge in [-0.25, -0.2) is 0 Å². The number of carbonyl (C=O) groups is 1. The lowest BCUT2D eigenvalue weighted by molar-refractivity contribution is -0.113. The number of piperazine rings is 1. The fourth-order valence-corrected chi connectivity index (χ4v) is 4.14. The molecule has 0 saturated carbocycles. The quantitative estimate of drug-likeness (QED) is 0.654. The van der Waals surface area contributed by atoms with E-state index in [2.05, 4.69) is 57.0 Å². The average molecular weight is 448 g/mol. The van der Waals surface area contributed by atoms with Gasteiger partial charge in [-0.3, -0.25) is 4.79 Å². The Morgan fingerprint density at radius 3 is 2.44 bits per heavy atom. The lowest BCUT2D eigenvalue weighted by atomic mass is 10.1. The maximum absolute atomic E-state index is 12.3. The third-order valence-corrected chi connectivity index (χ3v) is 6.39. The second-order valence-electron chi connectivity index (χ2n) is 6.71. The molecule has 4 nitrogen and oxygen atoms in total. The van der Waals surface area contributed by atoms with E-state index in [1.54, 1.807) is 11.8 Å². The number of hydrogen-bond acceptors (Lipinski definition) is 4. The van der Waals surface area contributed by atoms with Gasteiger partial charge in [0.2, 0.25) is 5.91 Å². The summed E-state index contributed by atoms with van der Waals surface area (Å²) in [5, 5.41) is 3.04. The molecular weight excluding hydrogens is 422 g/mol. The highest BCUT2D eigenvalue weighted by Crippen LogP contribution is 2.25. The van der Waals surface area contributed by atoms with Crippen molar-refractivity contribution in [1.29, 1.82) is 0 Å². The van der Waals surface area contributed by atoms with Crippen molar-refractivity contribution in [1.82, 2.24) is 4.90 Å². The monoisotopic (exact) mass is 447 g/mol. The summed E-state index contributed by atoms with van der Waals surface area (Å²) in [6.07, 6.45) is 0. The Labute approximate surface area is 174 Å². The summed E-state index contributed by atoms with van der Waals surface area (Å²) in [6, 6.07) is 14.3. The molecule has 1 saturated heterocycles. The molecule has 2 aromatic carbocycles. The second kappa shape index (κ2) is 9.62. The van der Waals surface area contributed by atoms with E-state index in [-0.39, 0.29) is 5.91 Å². The molecule has 1 amide bonds. The molecule has 6 heteroatoms. The van der Waals surface area contributed by atoms with Crippen LogP contribution in [0.3, 0.4) is 0 Å². The number of halogens is 1. The number of nitrogens with one attached hydrogen (secondary N) is 1. The van der Waals surface area contributed by atoms with E-state index in [1.807, 2.05) is 30.3 Å². The van der Waals surface area contributed by atoms with Crippen LogP contribution >= 0.6 is 27.7 Å². The van der Waals surface area contributed by atoms with Gasteiger partial charge in [0.25, 0.3) is 0 Å². The summed E-state index contributed by atoms with van der Waals surface area (Å²) in [6.45, 7) is 9.74. The van der Waals surface area contributed by atoms with Crippen LogP contribution in [0.15, 0.2) is 51.8 Å². The van der Waals surface area contributed by atoms with Crippen LogP contribution in [0.25, 0.3) is 0 Å². The van der Waals surface area contributed by atoms with Crippen LogP contribution in [0.5, 0.6) is 0 Å². The number of likely N-dealkylation sites (N-methyl/N-ethyl adjacent to an activating group) is 1. The van der Waals surface area contributed by atoms with Gasteiger partial charge in [-0.2, -0.15) is 0 Å². The Morgan fingerprint density at radius 2 is 1.81 bits per heavy atom. The van der Waals surface area contributed by atoms with E-state index in [9.17, 15) is 4.79 Å². The topological polar surface area (TPSA) is 35.6 Å². The summed E-state index contributed by atoms with van der Waals surface area (Å²) in [4.78, 5) is 18.3. The number of nitrogens with zero attached hydrogens (tertiary/aromatic N) is 2. The molecule has 27 heavy (non-hydrogen) atoms. The third kappa shape index (κ3) is 5.74. The molecule has 0 radical (unpaired) electrons. The summed E-state index contributed by atoms with van der Waals surface area (Å²) in [7, 11) is 0. The second-order valence-corrected chi connectivity index (χ2v) is 8.68. The molecule has 1 aliphatic heterocycles. The van der Waals surface area contributed by atoms with Gasteiger partial charge in [0.1, 0.15) is 0 Å². The fraction of sp³-hybridized carbons (Fsp3) is 0.381. The number of anilines is 2. The highest BCUT2D eigenvalue weighted by molar-refractivity contribution is 9.10. The fourth-order valence-electron chi connectivity index (χ4n) is 3.17. The van der Waals surface area contributed by atoms with Gasteiger partial charge in [0, 0.05) is 46.9 Å². The van der Waals surface area contributed by atoms with Crippen LogP contribution in [-0.4, -0.2) is 49.3 Å². The zero-order valence-electron chi connectivity index (χ0n) is 15.9. The number of aryl methyl sites for hydroxylation is 1. The predicted molar refractivity (Wildman–Crippen MR) is 119 cm³/mol. The Kier molecular flexibility index (Phi) is 7.21. The molecule has 1 heterocycles. The van der Waals surface area contributed by atoms with E-state index in [1.165, 1.54) is 5.69 Å². The largest absolute Gasteiger partial charge is 0.369 e. The normalized spacial score (nSPS) is 15.0. The molecule has 0 spiro atoms. The minimum absolute atomic E-state index is 0.0235. The van der Waals surface area contributed by atoms with Gasteiger partial charge >= 0.3 is 0 Å². The number of hydrogen-bond donors (Lipinski definition) is 1. The van der Waals surface area contributed by atoms with Gasteiger partial charge < -0.3 is 15.1 Å². The van der Waals surface area contributed by atoms with Gasteiger partial charge in [0.05, 0.1) is 5.75 Å². The van der Waals surface area contributed by atoms with Crippen molar-refractivity contribution in [2.75, 3.05) is 48.7 Å². The van der Waals surface area contributed by atoms with Crippen molar-refractivity contribution in [3.63, 3.8) is 0 Å². The van der Waals surface area contributed by atoms with Crippen molar-refractivity contribution < 1.29 is 4.79 Å². The number of rotatable bonds is 6. The van der Waals surface area contributed by atoms with E-state index < -0.39 is 0 Å². The Morgan fingerprint density at radius 1 is 1.11 bits per heavy atom. The molecule has 1 N–H and O–H groups in total. The van der Waals surface area contributed by atoms with E-state index >= 15 is 0 Å². The zero-order valence-corrected chi connectivity index (χ0v) is 18.3. The third-order valence-electron chi connectivity index (χ3n) is 4.85. The summed E-state index contributed by atoms with van der Waals surface area (Å²) < 4.78 is 1.04. The summed E-state index contributed by atoms with van der Waals surface area (Å²) >= 11 is 4.97. The van der Waals surface area contributed by atoms with Gasteiger partial charge in [-0.15, -0.1) is 11.8 Å². The number of thioether (sulfide) groups is 1. The Bertz CT molecular complexity index is 773. The smallest absolute Gasteiger partial charge is 0.234 e. The first-order valence-electron chi connectivity index (χ1n) is 9.31. The van der Waals surface area contributed by atoms with Crippen molar-refractivity contribution in [2.24, 2.45) is 0 Å². The molecule has 3 rings (SSSR count). The highest BCUT2D eigenvalue weighted by atomic mass is 79.9. The van der Waals surface area contributed by atoms with E-state index in [0.717, 1.165) is 53.3 Å². The minimum atomic E-state index is 0.0235. The van der Waals surface area contributed by atoms with Crippen molar-refractivity contribution in [2.45, 2.75) is 18.7 Å². The maximum Gasteiger partial charge on any atom is 0.234 e. The van der Waals surface area contributed by atoms with Crippen molar-refractivity contribution in [3.05, 3.63) is 52.5 Å². The number of carbonyl (C=O) groups excluding carboxylic acids is 1. The summed E-state index contributed by atoms with van der Waals surface area (Å²) in [5.74, 6) is 0.428. The molecule has 144 valence electrons. The van der Waals surface area contributed by atoms with Crippen molar-refractivity contribution in [3.8, 4) is 0 Å². The number of amides is 1. The van der Waals surface area contributed by atoms with Crippen LogP contribution in [0.1, 0.15) is 12.5 Å². The molecule has 1 fully saturated rings. The van der Waals surface area contributed by atoms with Crippen LogP contribution in [0, 0.1) is 6.92 Å². The van der Waals surface area contributed by atoms with Gasteiger partial charge in [0.15, 0.2) is 0 Å². The van der Waals surface area contributed by atoms with Crippen LogP contribution in [0.4, 0.5) is 11.4 Å². The molecule has 0 aromatic heterocycles. The average Bonchev–Trinajstić information content (AvgIpc) is 2.69. The Balaban J connectivity index is 1.54. The molecule has 0 aliphatic carbocycles.